The number of piperidine rings is 1. The number of nitrogen functional groups attached to an aromatic ring is 1. The van der Waals surface area contributed by atoms with E-state index in [1.807, 2.05) is 29.3 Å². The lowest BCUT2D eigenvalue weighted by molar-refractivity contribution is -0.124. The highest BCUT2D eigenvalue weighted by Crippen LogP contribution is 2.34. The zero-order valence-corrected chi connectivity index (χ0v) is 15.4. The summed E-state index contributed by atoms with van der Waals surface area (Å²) in [4.78, 5) is 15.8. The molecule has 2 aliphatic heterocycles. The van der Waals surface area contributed by atoms with Crippen LogP contribution in [0.3, 0.4) is 0 Å². The van der Waals surface area contributed by atoms with E-state index in [4.69, 9.17) is 15.2 Å². The average Bonchev–Trinajstić information content (AvgIpc) is 2.93. The second-order valence-corrected chi connectivity index (χ2v) is 6.57. The average molecular weight is 357 g/mol. The topological polar surface area (TPSA) is 68.0 Å². The van der Waals surface area contributed by atoms with Gasteiger partial charge in [0.1, 0.15) is 5.75 Å². The number of rotatable bonds is 5. The molecule has 1 aromatic rings. The number of hydrogen-bond acceptors (Lipinski definition) is 6. The Morgan fingerprint density at radius 3 is 2.73 bits per heavy atom. The van der Waals surface area contributed by atoms with Crippen LogP contribution in [0.1, 0.15) is 25.3 Å². The van der Waals surface area contributed by atoms with Gasteiger partial charge in [0.15, 0.2) is 6.29 Å². The van der Waals surface area contributed by atoms with Gasteiger partial charge in [0.2, 0.25) is 6.23 Å². The molecule has 1 atom stereocenters. The maximum absolute atomic E-state index is 11.4. The maximum Gasteiger partial charge on any atom is 0.227 e. The van der Waals surface area contributed by atoms with E-state index in [9.17, 15) is 4.79 Å². The Bertz CT molecular complexity index is 694. The standard InChI is InChI=1S/C20H27N3O3/c1-3-15-12-17(21)19(25-2)13-18(15)22-9-6-16(7-10-22)23-8-4-5-11-26-20(23)14-24/h4-5,8,11-14,16,20H,3,6-7,9-10,21H2,1-2H3. The van der Waals surface area contributed by atoms with Crippen LogP contribution in [-0.4, -0.2) is 43.7 Å². The number of ether oxygens (including phenoxy) is 2. The number of methoxy groups -OCH3 is 1. The zero-order valence-electron chi connectivity index (χ0n) is 15.4. The SMILES string of the molecule is CCc1cc(N)c(OC)cc1N1CCC(N2C=CC=COC2C=O)CC1. The van der Waals surface area contributed by atoms with Gasteiger partial charge in [0.25, 0.3) is 0 Å². The molecule has 0 amide bonds. The van der Waals surface area contributed by atoms with Crippen LogP contribution in [0.25, 0.3) is 0 Å². The van der Waals surface area contributed by atoms with Crippen molar-refractivity contribution in [2.24, 2.45) is 0 Å². The minimum atomic E-state index is -0.552. The molecule has 2 heterocycles. The number of hydrogen-bond donors (Lipinski definition) is 1. The van der Waals surface area contributed by atoms with Crippen LogP contribution in [-0.2, 0) is 16.0 Å². The minimum absolute atomic E-state index is 0.276. The fourth-order valence-electron chi connectivity index (χ4n) is 3.70. The largest absolute Gasteiger partial charge is 0.495 e. The molecule has 1 aromatic carbocycles. The highest BCUT2D eigenvalue weighted by atomic mass is 16.5. The van der Waals surface area contributed by atoms with Crippen molar-refractivity contribution in [1.82, 2.24) is 4.90 Å². The molecule has 6 nitrogen and oxygen atoms in total. The van der Waals surface area contributed by atoms with Gasteiger partial charge < -0.3 is 25.0 Å². The lowest BCUT2D eigenvalue weighted by atomic mass is 10.00. The van der Waals surface area contributed by atoms with Crippen molar-refractivity contribution >= 4 is 17.7 Å². The van der Waals surface area contributed by atoms with E-state index in [2.05, 4.69) is 11.8 Å². The molecule has 1 unspecified atom stereocenters. The van der Waals surface area contributed by atoms with E-state index in [-0.39, 0.29) is 6.04 Å². The predicted octanol–water partition coefficient (Wildman–Crippen LogP) is 2.69. The van der Waals surface area contributed by atoms with Gasteiger partial charge in [-0.05, 0) is 43.0 Å². The Morgan fingerprint density at radius 2 is 2.08 bits per heavy atom. The monoisotopic (exact) mass is 357 g/mol. The van der Waals surface area contributed by atoms with Gasteiger partial charge in [-0.15, -0.1) is 0 Å². The van der Waals surface area contributed by atoms with Gasteiger partial charge in [-0.25, -0.2) is 0 Å². The summed E-state index contributed by atoms with van der Waals surface area (Å²) >= 11 is 0. The second kappa shape index (κ2) is 8.17. The highest BCUT2D eigenvalue weighted by Gasteiger charge is 2.29. The normalized spacial score (nSPS) is 20.6. The Kier molecular flexibility index (Phi) is 5.71. The molecule has 140 valence electrons. The van der Waals surface area contributed by atoms with Gasteiger partial charge in [0.05, 0.1) is 19.1 Å². The molecule has 6 heteroatoms. The van der Waals surface area contributed by atoms with Crippen molar-refractivity contribution in [3.63, 3.8) is 0 Å². The molecule has 0 aliphatic carbocycles. The molecule has 0 saturated carbocycles. The molecule has 0 radical (unpaired) electrons. The molecule has 26 heavy (non-hydrogen) atoms. The zero-order chi connectivity index (χ0) is 18.5. The van der Waals surface area contributed by atoms with Gasteiger partial charge in [-0.3, -0.25) is 4.79 Å². The van der Waals surface area contributed by atoms with E-state index in [1.165, 1.54) is 11.3 Å². The maximum atomic E-state index is 11.4. The summed E-state index contributed by atoms with van der Waals surface area (Å²) in [5.74, 6) is 0.718. The quantitative estimate of drug-likeness (QED) is 0.645. The van der Waals surface area contributed by atoms with Gasteiger partial charge >= 0.3 is 0 Å². The molecule has 1 fully saturated rings. The van der Waals surface area contributed by atoms with Crippen molar-refractivity contribution in [3.05, 3.63) is 42.3 Å². The summed E-state index contributed by atoms with van der Waals surface area (Å²) in [6.45, 7) is 3.96. The number of aldehydes is 1. The first-order chi connectivity index (χ1) is 12.7. The number of anilines is 2. The number of carbonyl (C=O) groups excluding carboxylic acids is 1. The number of nitrogens with zero attached hydrogens (tertiary/aromatic N) is 2. The number of benzene rings is 1. The lowest BCUT2D eigenvalue weighted by Gasteiger charge is -2.40. The van der Waals surface area contributed by atoms with Crippen LogP contribution in [0.4, 0.5) is 11.4 Å². The van der Waals surface area contributed by atoms with Crippen LogP contribution >= 0.6 is 0 Å². The highest BCUT2D eigenvalue weighted by molar-refractivity contribution is 5.67. The summed E-state index contributed by atoms with van der Waals surface area (Å²) in [5, 5.41) is 0. The fraction of sp³-hybridized carbons (Fsp3) is 0.450. The van der Waals surface area contributed by atoms with Crippen molar-refractivity contribution in [2.45, 2.75) is 38.5 Å². The Balaban J connectivity index is 1.73. The fourth-order valence-corrected chi connectivity index (χ4v) is 3.70. The summed E-state index contributed by atoms with van der Waals surface area (Å²) in [6.07, 6.45) is 10.4. The van der Waals surface area contributed by atoms with Gasteiger partial charge in [0, 0.05) is 37.1 Å². The van der Waals surface area contributed by atoms with E-state index >= 15 is 0 Å². The third-order valence-corrected chi connectivity index (χ3v) is 5.11. The molecule has 2 aliphatic rings. The Hall–Kier alpha value is -2.63. The third-order valence-electron chi connectivity index (χ3n) is 5.11. The van der Waals surface area contributed by atoms with E-state index in [0.717, 1.165) is 44.4 Å². The van der Waals surface area contributed by atoms with Crippen LogP contribution in [0.15, 0.2) is 36.7 Å². The van der Waals surface area contributed by atoms with Gasteiger partial charge in [-0.1, -0.05) is 6.92 Å². The van der Waals surface area contributed by atoms with Crippen molar-refractivity contribution in [1.29, 1.82) is 0 Å². The Labute approximate surface area is 154 Å². The predicted molar refractivity (Wildman–Crippen MR) is 103 cm³/mol. The summed E-state index contributed by atoms with van der Waals surface area (Å²) in [7, 11) is 1.65. The molecule has 2 N–H and O–H groups in total. The van der Waals surface area contributed by atoms with Crippen molar-refractivity contribution < 1.29 is 14.3 Å². The molecular formula is C20H27N3O3. The number of carbonyl (C=O) groups is 1. The summed E-state index contributed by atoms with van der Waals surface area (Å²) < 4.78 is 10.9. The lowest BCUT2D eigenvalue weighted by Crippen LogP contribution is -2.47. The smallest absolute Gasteiger partial charge is 0.227 e. The number of nitrogens with two attached hydrogens (primary N) is 1. The molecule has 0 bridgehead atoms. The van der Waals surface area contributed by atoms with Crippen LogP contribution in [0, 0.1) is 0 Å². The number of allylic oxidation sites excluding steroid dienone is 2. The number of aryl methyl sites for hydroxylation is 1. The molecular weight excluding hydrogens is 330 g/mol. The molecule has 1 saturated heterocycles. The first kappa shape index (κ1) is 18.2. The third kappa shape index (κ3) is 3.64. The molecule has 0 spiro atoms. The minimum Gasteiger partial charge on any atom is -0.495 e. The second-order valence-electron chi connectivity index (χ2n) is 6.57. The van der Waals surface area contributed by atoms with E-state index < -0.39 is 6.23 Å². The first-order valence-electron chi connectivity index (χ1n) is 9.10. The Morgan fingerprint density at radius 1 is 1.31 bits per heavy atom. The van der Waals surface area contributed by atoms with Gasteiger partial charge in [-0.2, -0.15) is 0 Å². The molecule has 3 rings (SSSR count). The summed E-state index contributed by atoms with van der Waals surface area (Å²) in [6, 6.07) is 4.33. The van der Waals surface area contributed by atoms with Crippen LogP contribution < -0.4 is 15.4 Å². The first-order valence-corrected chi connectivity index (χ1v) is 9.10. The summed E-state index contributed by atoms with van der Waals surface area (Å²) in [5.41, 5.74) is 9.16. The molecule has 0 aromatic heterocycles. The van der Waals surface area contributed by atoms with E-state index in [1.54, 1.807) is 19.4 Å². The van der Waals surface area contributed by atoms with E-state index in [0.29, 0.717) is 5.69 Å². The van der Waals surface area contributed by atoms with Crippen LogP contribution in [0.2, 0.25) is 0 Å². The van der Waals surface area contributed by atoms with Crippen molar-refractivity contribution in [3.8, 4) is 5.75 Å². The van der Waals surface area contributed by atoms with Crippen molar-refractivity contribution in [2.75, 3.05) is 30.8 Å². The van der Waals surface area contributed by atoms with Crippen LogP contribution in [0.5, 0.6) is 5.75 Å².